The summed E-state index contributed by atoms with van der Waals surface area (Å²) in [6.45, 7) is 2.92. The van der Waals surface area contributed by atoms with Crippen LogP contribution in [0, 0.1) is 11.8 Å². The van der Waals surface area contributed by atoms with Gasteiger partial charge in [0.05, 0.1) is 11.3 Å². The Morgan fingerprint density at radius 2 is 1.97 bits per heavy atom. The number of hydrogen-bond donors (Lipinski definition) is 4. The summed E-state index contributed by atoms with van der Waals surface area (Å²) in [7, 11) is 0. The number of carbonyl (C=O) groups excluding carboxylic acids is 1. The number of aliphatic hydroxyl groups excluding tert-OH is 1. The quantitative estimate of drug-likeness (QED) is 0.334. The van der Waals surface area contributed by atoms with Gasteiger partial charge >= 0.3 is 0 Å². The number of rotatable bonds is 5. The van der Waals surface area contributed by atoms with Gasteiger partial charge in [0.25, 0.3) is 5.91 Å². The van der Waals surface area contributed by atoms with Crippen molar-refractivity contribution in [2.45, 2.75) is 31.9 Å². The summed E-state index contributed by atoms with van der Waals surface area (Å²) in [6.07, 6.45) is 6.23. The molecule has 35 heavy (non-hydrogen) atoms. The maximum absolute atomic E-state index is 12.2. The molecule has 1 saturated heterocycles. The number of nitrogens with one attached hydrogen (secondary N) is 2. The summed E-state index contributed by atoms with van der Waals surface area (Å²) < 4.78 is 0. The minimum absolute atomic E-state index is 0.0633. The summed E-state index contributed by atoms with van der Waals surface area (Å²) in [6, 6.07) is 5.50. The zero-order valence-electron chi connectivity index (χ0n) is 19.0. The Morgan fingerprint density at radius 1 is 1.20 bits per heavy atom. The number of carbonyl (C=O) groups is 1. The fourth-order valence-corrected chi connectivity index (χ4v) is 6.25. The average Bonchev–Trinajstić information content (AvgIpc) is 3.62. The minimum atomic E-state index is -0.950. The van der Waals surface area contributed by atoms with E-state index >= 15 is 0 Å². The number of aliphatic hydroxyl groups is 1. The highest BCUT2D eigenvalue weighted by atomic mass is 32.1. The third-order valence-corrected chi connectivity index (χ3v) is 7.96. The van der Waals surface area contributed by atoms with E-state index in [1.165, 1.54) is 18.3 Å². The number of fused-ring (bicyclic) bond motifs is 2. The number of pyridine rings is 2. The number of likely N-dealkylation sites (tertiary alicyclic amines) is 1. The van der Waals surface area contributed by atoms with Gasteiger partial charge in [-0.15, -0.1) is 10.2 Å². The van der Waals surface area contributed by atoms with Gasteiger partial charge in [0.1, 0.15) is 23.2 Å². The van der Waals surface area contributed by atoms with Crippen LogP contribution in [0.2, 0.25) is 0 Å². The molecule has 0 bridgehead atoms. The first kappa shape index (κ1) is 21.9. The highest BCUT2D eigenvalue weighted by molar-refractivity contribution is 7.18. The summed E-state index contributed by atoms with van der Waals surface area (Å²) in [5, 5.41) is 34.5. The maximum Gasteiger partial charge on any atom is 0.251 e. The molecule has 0 spiro atoms. The molecule has 4 aromatic rings. The number of aromatic hydroxyl groups is 1. The van der Waals surface area contributed by atoms with Gasteiger partial charge in [0.15, 0.2) is 10.0 Å². The molecule has 1 amide bonds. The molecule has 5 heterocycles. The predicted molar refractivity (Wildman–Crippen MR) is 132 cm³/mol. The fraction of sp³-hybridized carbons (Fsp3) is 0.375. The molecule has 2 aliphatic rings. The van der Waals surface area contributed by atoms with Crippen molar-refractivity contribution in [1.82, 2.24) is 30.0 Å². The van der Waals surface area contributed by atoms with Crippen LogP contribution >= 0.6 is 11.3 Å². The molecule has 11 heteroatoms. The Hall–Kier alpha value is -3.57. The highest BCUT2D eigenvalue weighted by Crippen LogP contribution is 2.43. The van der Waals surface area contributed by atoms with E-state index in [1.807, 2.05) is 12.3 Å². The van der Waals surface area contributed by atoms with Gasteiger partial charge in [-0.1, -0.05) is 11.3 Å². The lowest BCUT2D eigenvalue weighted by Gasteiger charge is -2.22. The Kier molecular flexibility index (Phi) is 5.37. The zero-order valence-corrected chi connectivity index (χ0v) is 19.9. The van der Waals surface area contributed by atoms with E-state index in [9.17, 15) is 15.0 Å². The lowest BCUT2D eigenvalue weighted by atomic mass is 10.0. The number of aromatic nitrogens is 5. The van der Waals surface area contributed by atoms with E-state index in [4.69, 9.17) is 0 Å². The van der Waals surface area contributed by atoms with Crippen LogP contribution in [0.15, 0.2) is 36.8 Å². The van der Waals surface area contributed by atoms with Gasteiger partial charge in [0.2, 0.25) is 0 Å². The van der Waals surface area contributed by atoms with Gasteiger partial charge in [-0.05, 0) is 49.8 Å². The summed E-state index contributed by atoms with van der Waals surface area (Å²) in [5.74, 6) is 0.721. The summed E-state index contributed by atoms with van der Waals surface area (Å²) in [5.41, 5.74) is 2.99. The molecule has 2 fully saturated rings. The molecule has 0 radical (unpaired) electrons. The van der Waals surface area contributed by atoms with Gasteiger partial charge in [-0.2, -0.15) is 0 Å². The molecule has 4 N–H and O–H groups in total. The van der Waals surface area contributed by atoms with Crippen molar-refractivity contribution in [3.05, 3.63) is 36.8 Å². The zero-order chi connectivity index (χ0) is 24.1. The second-order valence-electron chi connectivity index (χ2n) is 9.32. The average molecular weight is 492 g/mol. The molecular weight excluding hydrogens is 466 g/mol. The van der Waals surface area contributed by atoms with Crippen LogP contribution in [-0.4, -0.2) is 71.4 Å². The van der Waals surface area contributed by atoms with Crippen LogP contribution in [0.3, 0.4) is 0 Å². The first-order chi connectivity index (χ1) is 17.0. The Bertz CT molecular complexity index is 1390. The molecule has 0 aromatic carbocycles. The van der Waals surface area contributed by atoms with Crippen LogP contribution < -0.4 is 5.32 Å². The van der Waals surface area contributed by atoms with Crippen molar-refractivity contribution in [2.24, 2.45) is 11.8 Å². The number of aromatic amines is 1. The monoisotopic (exact) mass is 491 g/mol. The van der Waals surface area contributed by atoms with Crippen molar-refractivity contribution in [1.29, 1.82) is 0 Å². The lowest BCUT2D eigenvalue weighted by molar-refractivity contribution is -0.138. The molecule has 1 saturated carbocycles. The molecule has 10 nitrogen and oxygen atoms in total. The van der Waals surface area contributed by atoms with Crippen molar-refractivity contribution < 1.29 is 15.0 Å². The van der Waals surface area contributed by atoms with Crippen LogP contribution in [0.25, 0.3) is 32.3 Å². The molecule has 4 aromatic heterocycles. The van der Waals surface area contributed by atoms with E-state index in [0.29, 0.717) is 40.6 Å². The molecule has 180 valence electrons. The molecule has 4 atom stereocenters. The van der Waals surface area contributed by atoms with Crippen molar-refractivity contribution in [3.63, 3.8) is 0 Å². The predicted octanol–water partition coefficient (Wildman–Crippen LogP) is 2.88. The second-order valence-corrected chi connectivity index (χ2v) is 10.3. The van der Waals surface area contributed by atoms with Crippen molar-refractivity contribution in [3.8, 4) is 27.0 Å². The van der Waals surface area contributed by atoms with Gasteiger partial charge in [0, 0.05) is 43.1 Å². The maximum atomic E-state index is 12.2. The molecule has 1 unspecified atom stereocenters. The molecular formula is C24H25N7O3S. The fourth-order valence-electron chi connectivity index (χ4n) is 5.38. The third-order valence-electron chi connectivity index (χ3n) is 7.00. The smallest absolute Gasteiger partial charge is 0.251 e. The summed E-state index contributed by atoms with van der Waals surface area (Å²) >= 11 is 1.36. The minimum Gasteiger partial charge on any atom is -0.506 e. The normalized spacial score (nSPS) is 22.5. The van der Waals surface area contributed by atoms with Crippen molar-refractivity contribution in [2.75, 3.05) is 18.4 Å². The van der Waals surface area contributed by atoms with E-state index in [0.717, 1.165) is 35.1 Å². The molecule has 1 aliphatic carbocycles. The van der Waals surface area contributed by atoms with E-state index in [2.05, 4.69) is 30.5 Å². The number of nitrogens with zero attached hydrogens (tertiary/aromatic N) is 5. The lowest BCUT2D eigenvalue weighted by Crippen LogP contribution is -2.37. The number of hydrogen-bond acceptors (Lipinski definition) is 9. The number of amides is 1. The van der Waals surface area contributed by atoms with Gasteiger partial charge in [-0.3, -0.25) is 4.79 Å². The van der Waals surface area contributed by atoms with Gasteiger partial charge in [-0.25, -0.2) is 9.97 Å². The van der Waals surface area contributed by atoms with Crippen molar-refractivity contribution >= 4 is 34.0 Å². The first-order valence-corrected chi connectivity index (χ1v) is 12.5. The molecule has 6 rings (SSSR count). The van der Waals surface area contributed by atoms with Crippen LogP contribution in [0.4, 0.5) is 5.69 Å². The Labute approximate surface area is 205 Å². The van der Waals surface area contributed by atoms with Crippen LogP contribution in [0.5, 0.6) is 5.75 Å². The van der Waals surface area contributed by atoms with E-state index in [1.54, 1.807) is 29.4 Å². The standard InChI is InChI=1S/C24H25N7O3S/c1-12(32)24(34)31-10-13-7-15(8-14(13)11-31)28-19-16-4-6-26-21(16)27-9-17(19)22-29-30-23(35-22)20-18(33)3-2-5-25-20/h2-6,9,12-15,32-33H,7-8,10-11H2,1H3,(H2,26,27,28)/t12-,13-,14+,15?/m0/s1. The van der Waals surface area contributed by atoms with E-state index < -0.39 is 6.10 Å². The molecule has 1 aliphatic heterocycles. The highest BCUT2D eigenvalue weighted by Gasteiger charge is 2.43. The Morgan fingerprint density at radius 3 is 2.71 bits per heavy atom. The van der Waals surface area contributed by atoms with Crippen LogP contribution in [0.1, 0.15) is 19.8 Å². The summed E-state index contributed by atoms with van der Waals surface area (Å²) in [4.78, 5) is 26.0. The SMILES string of the molecule is C[C@H](O)C(=O)N1C[C@H]2CC(Nc3c(-c4nnc(-c5ncccc5O)s4)cnc4[nH]ccc34)C[C@H]2C1. The second kappa shape index (κ2) is 8.58. The largest absolute Gasteiger partial charge is 0.506 e. The third kappa shape index (κ3) is 3.90. The van der Waals surface area contributed by atoms with Gasteiger partial charge < -0.3 is 25.4 Å². The van der Waals surface area contributed by atoms with Crippen LogP contribution in [-0.2, 0) is 4.79 Å². The number of H-pyrrole nitrogens is 1. The van der Waals surface area contributed by atoms with E-state index in [-0.39, 0.29) is 17.7 Å². The Balaban J connectivity index is 1.27. The topological polar surface area (TPSA) is 140 Å². The number of anilines is 1. The first-order valence-electron chi connectivity index (χ1n) is 11.7.